The van der Waals surface area contributed by atoms with Crippen molar-refractivity contribution in [1.82, 2.24) is 4.98 Å². The van der Waals surface area contributed by atoms with Crippen molar-refractivity contribution in [3.8, 4) is 0 Å². The number of hydrogen-bond acceptors (Lipinski definition) is 5. The Bertz CT molecular complexity index is 1090. The largest absolute Gasteiger partial charge is 0.459 e. The molecule has 29 heavy (non-hydrogen) atoms. The fourth-order valence-electron chi connectivity index (χ4n) is 3.01. The van der Waals surface area contributed by atoms with Crippen LogP contribution in [-0.4, -0.2) is 10.9 Å². The maximum Gasteiger partial charge on any atom is 0.291 e. The first-order valence-corrected chi connectivity index (χ1v) is 10.2. The van der Waals surface area contributed by atoms with Crippen LogP contribution in [0.5, 0.6) is 0 Å². The Morgan fingerprint density at radius 3 is 2.66 bits per heavy atom. The van der Waals surface area contributed by atoms with Crippen molar-refractivity contribution in [2.24, 2.45) is 0 Å². The summed E-state index contributed by atoms with van der Waals surface area (Å²) in [6.45, 7) is 2.01. The van der Waals surface area contributed by atoms with Crippen molar-refractivity contribution in [1.29, 1.82) is 0 Å². The zero-order chi connectivity index (χ0) is 20.2. The molecule has 0 saturated heterocycles. The first-order chi connectivity index (χ1) is 14.1. The maximum atomic E-state index is 12.6. The molecule has 146 valence electrons. The summed E-state index contributed by atoms with van der Waals surface area (Å²) in [6.07, 6.45) is 3.22. The molecule has 0 spiro atoms. The Morgan fingerprint density at radius 2 is 1.97 bits per heavy atom. The standard InChI is InChI=1S/C22H18ClN3O2S/c1-14-13-17(22(29-14)26-21(27)18-5-4-12-28-18)20(15-7-9-16(23)10-8-15)25-19-6-2-3-11-24-19/h2-13,20H,1H3,(H,24,25)(H,26,27)/t20-/m1/s1. The van der Waals surface area contributed by atoms with Gasteiger partial charge in [0.1, 0.15) is 10.8 Å². The number of amides is 1. The zero-order valence-electron chi connectivity index (χ0n) is 15.6. The van der Waals surface area contributed by atoms with Gasteiger partial charge in [-0.3, -0.25) is 4.79 Å². The van der Waals surface area contributed by atoms with E-state index in [4.69, 9.17) is 16.0 Å². The molecule has 4 aromatic rings. The quantitative estimate of drug-likeness (QED) is 0.390. The second-order valence-corrected chi connectivity index (χ2v) is 8.11. The summed E-state index contributed by atoms with van der Waals surface area (Å²) in [4.78, 5) is 18.0. The predicted molar refractivity (Wildman–Crippen MR) is 117 cm³/mol. The zero-order valence-corrected chi connectivity index (χ0v) is 17.1. The molecule has 0 radical (unpaired) electrons. The summed E-state index contributed by atoms with van der Waals surface area (Å²) in [5, 5.41) is 7.87. The average molecular weight is 424 g/mol. The van der Waals surface area contributed by atoms with E-state index in [0.717, 1.165) is 26.8 Å². The molecule has 1 amide bonds. The molecule has 0 aliphatic heterocycles. The highest BCUT2D eigenvalue weighted by molar-refractivity contribution is 7.16. The number of rotatable bonds is 6. The number of aryl methyl sites for hydroxylation is 1. The monoisotopic (exact) mass is 423 g/mol. The van der Waals surface area contributed by atoms with E-state index in [2.05, 4.69) is 21.7 Å². The van der Waals surface area contributed by atoms with Crippen LogP contribution >= 0.6 is 22.9 Å². The number of hydrogen-bond donors (Lipinski definition) is 2. The van der Waals surface area contributed by atoms with Crippen LogP contribution in [0.3, 0.4) is 0 Å². The lowest BCUT2D eigenvalue weighted by Gasteiger charge is -2.21. The van der Waals surface area contributed by atoms with E-state index in [1.807, 2.05) is 49.4 Å². The molecule has 0 bridgehead atoms. The third-order valence-electron chi connectivity index (χ3n) is 4.33. The molecule has 7 heteroatoms. The van der Waals surface area contributed by atoms with Crippen LogP contribution in [0.1, 0.15) is 32.6 Å². The molecule has 0 aliphatic carbocycles. The molecule has 5 nitrogen and oxygen atoms in total. The SMILES string of the molecule is Cc1cc([C@H](Nc2ccccn2)c2ccc(Cl)cc2)c(NC(=O)c2ccco2)s1. The topological polar surface area (TPSA) is 67.2 Å². The van der Waals surface area contributed by atoms with Gasteiger partial charge in [0.25, 0.3) is 5.91 Å². The number of halogens is 1. The molecule has 1 atom stereocenters. The van der Waals surface area contributed by atoms with Crippen molar-refractivity contribution in [2.75, 3.05) is 10.6 Å². The number of anilines is 2. The highest BCUT2D eigenvalue weighted by Crippen LogP contribution is 2.37. The van der Waals surface area contributed by atoms with Gasteiger partial charge >= 0.3 is 0 Å². The van der Waals surface area contributed by atoms with Crippen LogP contribution in [0.4, 0.5) is 10.8 Å². The molecule has 3 aromatic heterocycles. The first kappa shape index (κ1) is 19.2. The highest BCUT2D eigenvalue weighted by Gasteiger charge is 2.22. The minimum Gasteiger partial charge on any atom is -0.459 e. The number of carbonyl (C=O) groups excluding carboxylic acids is 1. The van der Waals surface area contributed by atoms with Gasteiger partial charge in [-0.15, -0.1) is 11.3 Å². The summed E-state index contributed by atoms with van der Waals surface area (Å²) in [6, 6.07) is 18.5. The van der Waals surface area contributed by atoms with Crippen LogP contribution in [0, 0.1) is 6.92 Å². The van der Waals surface area contributed by atoms with E-state index >= 15 is 0 Å². The molecule has 2 N–H and O–H groups in total. The second-order valence-electron chi connectivity index (χ2n) is 6.42. The van der Waals surface area contributed by atoms with E-state index in [9.17, 15) is 4.79 Å². The van der Waals surface area contributed by atoms with Gasteiger partial charge in [-0.1, -0.05) is 29.8 Å². The molecule has 0 saturated carbocycles. The number of nitrogens with zero attached hydrogens (tertiary/aromatic N) is 1. The predicted octanol–water partition coefficient (Wildman–Crippen LogP) is 6.15. The summed E-state index contributed by atoms with van der Waals surface area (Å²) >= 11 is 7.60. The Labute approximate surface area is 177 Å². The molecule has 4 rings (SSSR count). The second kappa shape index (κ2) is 8.51. The number of benzene rings is 1. The fourth-order valence-corrected chi connectivity index (χ4v) is 4.08. The van der Waals surface area contributed by atoms with Crippen LogP contribution in [0.25, 0.3) is 0 Å². The van der Waals surface area contributed by atoms with E-state index in [1.165, 1.54) is 17.6 Å². The normalized spacial score (nSPS) is 11.8. The molecule has 1 aromatic carbocycles. The maximum absolute atomic E-state index is 12.6. The Kier molecular flexibility index (Phi) is 5.64. The van der Waals surface area contributed by atoms with Crippen molar-refractivity contribution in [3.05, 3.63) is 99.9 Å². The molecule has 3 heterocycles. The van der Waals surface area contributed by atoms with Gasteiger partial charge in [0, 0.05) is 21.7 Å². The van der Waals surface area contributed by atoms with Crippen molar-refractivity contribution in [2.45, 2.75) is 13.0 Å². The smallest absolute Gasteiger partial charge is 0.291 e. The van der Waals surface area contributed by atoms with Crippen LogP contribution in [0.2, 0.25) is 5.02 Å². The fraction of sp³-hybridized carbons (Fsp3) is 0.0909. The van der Waals surface area contributed by atoms with E-state index in [-0.39, 0.29) is 17.7 Å². The van der Waals surface area contributed by atoms with Crippen molar-refractivity contribution in [3.63, 3.8) is 0 Å². The van der Waals surface area contributed by atoms with E-state index in [0.29, 0.717) is 5.02 Å². The van der Waals surface area contributed by atoms with Crippen LogP contribution in [0.15, 0.2) is 77.5 Å². The van der Waals surface area contributed by atoms with Gasteiger partial charge in [0.15, 0.2) is 5.76 Å². The minimum absolute atomic E-state index is 0.223. The van der Waals surface area contributed by atoms with E-state index in [1.54, 1.807) is 18.3 Å². The Morgan fingerprint density at radius 1 is 1.14 bits per heavy atom. The van der Waals surface area contributed by atoms with Crippen molar-refractivity contribution >= 4 is 39.7 Å². The minimum atomic E-state index is -0.286. The van der Waals surface area contributed by atoms with Gasteiger partial charge in [-0.05, 0) is 55.0 Å². The number of aromatic nitrogens is 1. The summed E-state index contributed by atoms with van der Waals surface area (Å²) in [5.41, 5.74) is 1.95. The van der Waals surface area contributed by atoms with Crippen molar-refractivity contribution < 1.29 is 9.21 Å². The highest BCUT2D eigenvalue weighted by atomic mass is 35.5. The molecular weight excluding hydrogens is 406 g/mol. The molecule has 0 unspecified atom stereocenters. The van der Waals surface area contributed by atoms with Gasteiger partial charge in [0.05, 0.1) is 12.3 Å². The summed E-state index contributed by atoms with van der Waals surface area (Å²) in [7, 11) is 0. The Hall–Kier alpha value is -3.09. The number of pyridine rings is 1. The number of nitrogens with one attached hydrogen (secondary N) is 2. The lowest BCUT2D eigenvalue weighted by Crippen LogP contribution is -2.16. The third kappa shape index (κ3) is 4.50. The van der Waals surface area contributed by atoms with Crippen LogP contribution in [-0.2, 0) is 0 Å². The lowest BCUT2D eigenvalue weighted by molar-refractivity contribution is 0.0997. The van der Waals surface area contributed by atoms with Gasteiger partial charge < -0.3 is 15.1 Å². The molecular formula is C22H18ClN3O2S. The lowest BCUT2D eigenvalue weighted by atomic mass is 10.00. The number of thiophene rings is 1. The third-order valence-corrected chi connectivity index (χ3v) is 5.56. The number of carbonyl (C=O) groups is 1. The molecule has 0 fully saturated rings. The first-order valence-electron chi connectivity index (χ1n) is 8.98. The van der Waals surface area contributed by atoms with E-state index < -0.39 is 0 Å². The summed E-state index contributed by atoms with van der Waals surface area (Å²) < 4.78 is 5.22. The summed E-state index contributed by atoms with van der Waals surface area (Å²) in [5.74, 6) is 0.716. The van der Waals surface area contributed by atoms with Gasteiger partial charge in [-0.25, -0.2) is 4.98 Å². The Balaban J connectivity index is 1.72. The average Bonchev–Trinajstić information content (AvgIpc) is 3.38. The van der Waals surface area contributed by atoms with Crippen LogP contribution < -0.4 is 10.6 Å². The molecule has 0 aliphatic rings. The van der Waals surface area contributed by atoms with Gasteiger partial charge in [-0.2, -0.15) is 0 Å². The van der Waals surface area contributed by atoms with Gasteiger partial charge in [0.2, 0.25) is 0 Å². The number of furan rings is 1.